The summed E-state index contributed by atoms with van der Waals surface area (Å²) in [6.07, 6.45) is 2.65. The molecule has 102 valence electrons. The van der Waals surface area contributed by atoms with Crippen molar-refractivity contribution in [3.63, 3.8) is 0 Å². The van der Waals surface area contributed by atoms with E-state index in [0.29, 0.717) is 6.61 Å². The van der Waals surface area contributed by atoms with Crippen LogP contribution in [0.2, 0.25) is 0 Å². The van der Waals surface area contributed by atoms with Gasteiger partial charge in [0, 0.05) is 12.1 Å². The molecule has 1 N–H and O–H groups in total. The van der Waals surface area contributed by atoms with E-state index < -0.39 is 0 Å². The van der Waals surface area contributed by atoms with Crippen LogP contribution in [0.3, 0.4) is 0 Å². The fourth-order valence-electron chi connectivity index (χ4n) is 1.55. The Morgan fingerprint density at radius 3 is 2.78 bits per heavy atom. The van der Waals surface area contributed by atoms with Gasteiger partial charge in [-0.25, -0.2) is 0 Å². The molecule has 0 atom stereocenters. The molecule has 0 bridgehead atoms. The van der Waals surface area contributed by atoms with E-state index in [0.717, 1.165) is 36.6 Å². The van der Waals surface area contributed by atoms with Crippen molar-refractivity contribution in [1.82, 2.24) is 5.32 Å². The third-order valence-electron chi connectivity index (χ3n) is 2.42. The molecule has 0 unspecified atom stereocenters. The highest BCUT2D eigenvalue weighted by molar-refractivity contribution is 5.85. The highest BCUT2D eigenvalue weighted by atomic mass is 35.5. The maximum atomic E-state index is 5.73. The van der Waals surface area contributed by atoms with Crippen LogP contribution >= 0.6 is 12.4 Å². The Morgan fingerprint density at radius 2 is 2.17 bits per heavy atom. The van der Waals surface area contributed by atoms with Crippen molar-refractivity contribution in [2.75, 3.05) is 26.8 Å². The predicted molar refractivity (Wildman–Crippen MR) is 78.2 cm³/mol. The van der Waals surface area contributed by atoms with Crippen LogP contribution in [-0.2, 0) is 6.42 Å². The standard InChI is InChI=1S/C14H21NO2.ClH/c1-4-6-12-11-13(16-3)7-8-14(12)17-10-9-15-5-2;/h4,7-8,11,15H,1,5-6,9-10H2,2-3H3;1H. The van der Waals surface area contributed by atoms with Crippen LogP contribution in [0.5, 0.6) is 11.5 Å². The molecule has 0 heterocycles. The molecule has 0 spiro atoms. The fraction of sp³-hybridized carbons (Fsp3) is 0.429. The molecule has 0 aliphatic carbocycles. The SMILES string of the molecule is C=CCc1cc(OC)ccc1OCCNCC.Cl. The number of benzene rings is 1. The molecule has 1 aromatic carbocycles. The van der Waals surface area contributed by atoms with Gasteiger partial charge in [-0.05, 0) is 31.2 Å². The Balaban J connectivity index is 0.00000289. The van der Waals surface area contributed by atoms with Gasteiger partial charge in [0.1, 0.15) is 18.1 Å². The van der Waals surface area contributed by atoms with Crippen molar-refractivity contribution in [2.24, 2.45) is 0 Å². The monoisotopic (exact) mass is 271 g/mol. The molecule has 18 heavy (non-hydrogen) atoms. The summed E-state index contributed by atoms with van der Waals surface area (Å²) in [7, 11) is 1.67. The van der Waals surface area contributed by atoms with Crippen molar-refractivity contribution >= 4 is 12.4 Å². The Bertz CT molecular complexity index is 356. The molecule has 0 aromatic heterocycles. The molecule has 0 aliphatic heterocycles. The lowest BCUT2D eigenvalue weighted by Crippen LogP contribution is -2.20. The number of ether oxygens (including phenoxy) is 2. The molecule has 1 rings (SSSR count). The number of halogens is 1. The number of allylic oxidation sites excluding steroid dienone is 1. The summed E-state index contributed by atoms with van der Waals surface area (Å²) in [5.74, 6) is 1.75. The quantitative estimate of drug-likeness (QED) is 0.583. The van der Waals surface area contributed by atoms with Gasteiger partial charge in [-0.15, -0.1) is 19.0 Å². The van der Waals surface area contributed by atoms with E-state index in [-0.39, 0.29) is 12.4 Å². The number of likely N-dealkylation sites (N-methyl/N-ethyl adjacent to an activating group) is 1. The second-order valence-electron chi connectivity index (χ2n) is 3.67. The largest absolute Gasteiger partial charge is 0.497 e. The zero-order chi connectivity index (χ0) is 12.5. The normalized spacial score (nSPS) is 9.44. The van der Waals surface area contributed by atoms with E-state index in [9.17, 15) is 0 Å². The van der Waals surface area contributed by atoms with Crippen molar-refractivity contribution in [1.29, 1.82) is 0 Å². The van der Waals surface area contributed by atoms with E-state index in [4.69, 9.17) is 9.47 Å². The zero-order valence-corrected chi connectivity index (χ0v) is 11.9. The van der Waals surface area contributed by atoms with Gasteiger partial charge in [0.05, 0.1) is 7.11 Å². The number of hydrogen-bond donors (Lipinski definition) is 1. The second kappa shape index (κ2) is 9.80. The van der Waals surface area contributed by atoms with Gasteiger partial charge >= 0.3 is 0 Å². The van der Waals surface area contributed by atoms with E-state index in [1.807, 2.05) is 24.3 Å². The summed E-state index contributed by atoms with van der Waals surface area (Å²) in [4.78, 5) is 0. The minimum absolute atomic E-state index is 0. The number of hydrogen-bond acceptors (Lipinski definition) is 3. The maximum Gasteiger partial charge on any atom is 0.123 e. The molecular weight excluding hydrogens is 250 g/mol. The van der Waals surface area contributed by atoms with Crippen LogP contribution < -0.4 is 14.8 Å². The molecular formula is C14H22ClNO2. The number of methoxy groups -OCH3 is 1. The average Bonchev–Trinajstić information content (AvgIpc) is 2.36. The van der Waals surface area contributed by atoms with Crippen molar-refractivity contribution in [3.05, 3.63) is 36.4 Å². The molecule has 0 radical (unpaired) electrons. The van der Waals surface area contributed by atoms with Crippen LogP contribution in [0.1, 0.15) is 12.5 Å². The van der Waals surface area contributed by atoms with Crippen LogP contribution in [0, 0.1) is 0 Å². The molecule has 1 aromatic rings. The van der Waals surface area contributed by atoms with Gasteiger partial charge in [0.25, 0.3) is 0 Å². The number of nitrogens with one attached hydrogen (secondary N) is 1. The fourth-order valence-corrected chi connectivity index (χ4v) is 1.55. The zero-order valence-electron chi connectivity index (χ0n) is 11.1. The molecule has 4 heteroatoms. The lowest BCUT2D eigenvalue weighted by molar-refractivity contribution is 0.312. The molecule has 0 saturated heterocycles. The Kier molecular flexibility index (Phi) is 9.15. The predicted octanol–water partition coefficient (Wildman–Crippen LogP) is 2.83. The average molecular weight is 272 g/mol. The van der Waals surface area contributed by atoms with Crippen molar-refractivity contribution < 1.29 is 9.47 Å². The summed E-state index contributed by atoms with van der Waals surface area (Å²) in [5, 5.41) is 3.22. The van der Waals surface area contributed by atoms with Gasteiger partial charge in [-0.1, -0.05) is 13.0 Å². The van der Waals surface area contributed by atoms with E-state index in [1.54, 1.807) is 7.11 Å². The first-order valence-corrected chi connectivity index (χ1v) is 5.93. The first kappa shape index (κ1) is 16.8. The first-order chi connectivity index (χ1) is 8.31. The Labute approximate surface area is 116 Å². The molecule has 0 fully saturated rings. The summed E-state index contributed by atoms with van der Waals surface area (Å²) in [6.45, 7) is 8.33. The maximum absolute atomic E-state index is 5.73. The third kappa shape index (κ3) is 5.43. The number of rotatable bonds is 8. The van der Waals surface area contributed by atoms with Gasteiger partial charge in [0.15, 0.2) is 0 Å². The minimum atomic E-state index is 0. The van der Waals surface area contributed by atoms with E-state index in [1.165, 1.54) is 0 Å². The van der Waals surface area contributed by atoms with E-state index >= 15 is 0 Å². The van der Waals surface area contributed by atoms with Gasteiger partial charge < -0.3 is 14.8 Å². The highest BCUT2D eigenvalue weighted by Crippen LogP contribution is 2.24. The summed E-state index contributed by atoms with van der Waals surface area (Å²) >= 11 is 0. The highest BCUT2D eigenvalue weighted by Gasteiger charge is 2.04. The molecule has 0 aliphatic rings. The lowest BCUT2D eigenvalue weighted by Gasteiger charge is -2.12. The van der Waals surface area contributed by atoms with Crippen molar-refractivity contribution in [3.8, 4) is 11.5 Å². The summed E-state index contributed by atoms with van der Waals surface area (Å²) < 4.78 is 10.9. The summed E-state index contributed by atoms with van der Waals surface area (Å²) in [5.41, 5.74) is 1.11. The third-order valence-corrected chi connectivity index (χ3v) is 2.42. The van der Waals surface area contributed by atoms with Crippen LogP contribution in [0.15, 0.2) is 30.9 Å². The van der Waals surface area contributed by atoms with Gasteiger partial charge in [0.2, 0.25) is 0 Å². The summed E-state index contributed by atoms with van der Waals surface area (Å²) in [6, 6.07) is 5.85. The second-order valence-corrected chi connectivity index (χ2v) is 3.67. The topological polar surface area (TPSA) is 30.5 Å². The van der Waals surface area contributed by atoms with Crippen molar-refractivity contribution in [2.45, 2.75) is 13.3 Å². The smallest absolute Gasteiger partial charge is 0.123 e. The molecule has 0 amide bonds. The molecule has 0 saturated carbocycles. The Hall–Kier alpha value is -1.19. The molecule has 3 nitrogen and oxygen atoms in total. The lowest BCUT2D eigenvalue weighted by atomic mass is 10.1. The first-order valence-electron chi connectivity index (χ1n) is 5.93. The van der Waals surface area contributed by atoms with Crippen LogP contribution in [0.4, 0.5) is 0 Å². The van der Waals surface area contributed by atoms with Gasteiger partial charge in [-0.2, -0.15) is 0 Å². The van der Waals surface area contributed by atoms with Gasteiger partial charge in [-0.3, -0.25) is 0 Å². The minimum Gasteiger partial charge on any atom is -0.497 e. The van der Waals surface area contributed by atoms with E-state index in [2.05, 4.69) is 18.8 Å². The Morgan fingerprint density at radius 1 is 1.39 bits per heavy atom. The van der Waals surface area contributed by atoms with Crippen LogP contribution in [-0.4, -0.2) is 26.8 Å². The van der Waals surface area contributed by atoms with Crippen LogP contribution in [0.25, 0.3) is 0 Å².